The number of nitrogens with zero attached hydrogens (tertiary/aromatic N) is 1. The van der Waals surface area contributed by atoms with E-state index in [0.717, 1.165) is 12.5 Å². The van der Waals surface area contributed by atoms with E-state index in [9.17, 15) is 84.2 Å². The number of aromatic amines is 1. The lowest BCUT2D eigenvalue weighted by atomic mass is 9.88. The molecule has 0 aliphatic heterocycles. The van der Waals surface area contributed by atoms with Gasteiger partial charge in [-0.3, -0.25) is 9.59 Å². The van der Waals surface area contributed by atoms with Gasteiger partial charge in [0.1, 0.15) is 6.04 Å². The van der Waals surface area contributed by atoms with Gasteiger partial charge in [-0.15, -0.1) is 0 Å². The van der Waals surface area contributed by atoms with E-state index in [0.29, 0.717) is 0 Å². The molecule has 1 aromatic heterocycles. The van der Waals surface area contributed by atoms with Crippen LogP contribution in [0.2, 0.25) is 0 Å². The minimum Gasteiger partial charge on any atom is -0.354 e. The van der Waals surface area contributed by atoms with Crippen LogP contribution in [0.25, 0.3) is 0 Å². The first-order chi connectivity index (χ1) is 19.1. The third-order valence-electron chi connectivity index (χ3n) is 5.53. The Hall–Kier alpha value is -3.08. The highest BCUT2D eigenvalue weighted by molar-refractivity contribution is 5.87. The SMILES string of the molecule is NCCC(=O)NC(Cc1cnc[nH]1)C(=O)NCCC(F)(F)C(F)(F)C(F)(F)C(F)(F)C(F)(F)C(F)(F)C(F)(F)C(F)(F)F. The number of halogens is 17. The average molecular weight is 671 g/mol. The van der Waals surface area contributed by atoms with Gasteiger partial charge in [0, 0.05) is 44.2 Å². The summed E-state index contributed by atoms with van der Waals surface area (Å²) in [5, 5.41) is 3.40. The molecule has 24 heteroatoms. The smallest absolute Gasteiger partial charge is 0.354 e. The molecule has 0 aliphatic rings. The largest absolute Gasteiger partial charge is 0.460 e. The summed E-state index contributed by atoms with van der Waals surface area (Å²) in [6.45, 7) is -2.17. The molecule has 0 aliphatic carbocycles. The van der Waals surface area contributed by atoms with Gasteiger partial charge >= 0.3 is 47.6 Å². The Balaban J connectivity index is 3.24. The number of hydrogen-bond acceptors (Lipinski definition) is 4. The predicted octanol–water partition coefficient (Wildman–Crippen LogP) is 4.30. The first-order valence-electron chi connectivity index (χ1n) is 11.0. The van der Waals surface area contributed by atoms with Gasteiger partial charge in [-0.1, -0.05) is 0 Å². The van der Waals surface area contributed by atoms with Crippen molar-refractivity contribution in [3.63, 3.8) is 0 Å². The molecule has 0 fully saturated rings. The lowest BCUT2D eigenvalue weighted by Gasteiger charge is -2.42. The molecule has 5 N–H and O–H groups in total. The normalized spacial score (nSPS) is 15.3. The number of nitrogens with one attached hydrogen (secondary N) is 3. The van der Waals surface area contributed by atoms with Crippen LogP contribution in [0.15, 0.2) is 12.5 Å². The predicted molar refractivity (Wildman–Crippen MR) is 106 cm³/mol. The van der Waals surface area contributed by atoms with Gasteiger partial charge in [0.15, 0.2) is 0 Å². The quantitative estimate of drug-likeness (QED) is 0.209. The van der Waals surface area contributed by atoms with Crippen LogP contribution in [-0.2, 0) is 16.0 Å². The Bertz CT molecular complexity index is 1110. The highest BCUT2D eigenvalue weighted by Gasteiger charge is 2.95. The van der Waals surface area contributed by atoms with Crippen molar-refractivity contribution >= 4 is 11.8 Å². The number of alkyl halides is 17. The molecular formula is C19H18F17N5O2. The zero-order chi connectivity index (χ0) is 34.1. The molecule has 0 saturated carbocycles. The third kappa shape index (κ3) is 6.71. The monoisotopic (exact) mass is 671 g/mol. The Labute approximate surface area is 227 Å². The topological polar surface area (TPSA) is 113 Å². The van der Waals surface area contributed by atoms with E-state index in [1.165, 1.54) is 5.32 Å². The minimum absolute atomic E-state index is 0.0840. The molecule has 0 spiro atoms. The molecule has 2 amide bonds. The second-order valence-corrected chi connectivity index (χ2v) is 8.63. The van der Waals surface area contributed by atoms with Crippen LogP contribution in [-0.4, -0.2) is 88.5 Å². The Morgan fingerprint density at radius 1 is 0.767 bits per heavy atom. The van der Waals surface area contributed by atoms with E-state index in [-0.39, 0.29) is 12.2 Å². The summed E-state index contributed by atoms with van der Waals surface area (Å²) in [6, 6.07) is -1.74. The van der Waals surface area contributed by atoms with E-state index in [2.05, 4.69) is 9.97 Å². The standard InChI is InChI=1S/C19H18F17N5O2/c20-12(21,2-4-39-11(43)9(41-10(42)1-3-37)5-8-6-38-7-40-8)13(22,23)14(24,25)15(26,27)16(28,29)17(30,31)18(32,33)19(34,35)36/h6-7,9H,1-5,37H2,(H,38,40)(H,39,43)(H,41,42). The molecule has 250 valence electrons. The zero-order valence-corrected chi connectivity index (χ0v) is 20.5. The molecule has 1 aromatic rings. The molecule has 43 heavy (non-hydrogen) atoms. The number of amides is 2. The lowest BCUT2D eigenvalue weighted by molar-refractivity contribution is -0.461. The number of carbonyl (C=O) groups is 2. The van der Waals surface area contributed by atoms with Crippen molar-refractivity contribution in [1.29, 1.82) is 0 Å². The van der Waals surface area contributed by atoms with Crippen LogP contribution < -0.4 is 16.4 Å². The number of rotatable bonds is 15. The summed E-state index contributed by atoms with van der Waals surface area (Å²) in [6.07, 6.45) is -9.48. The molecule has 1 atom stereocenters. The van der Waals surface area contributed by atoms with Crippen LogP contribution in [0.1, 0.15) is 18.5 Å². The highest BCUT2D eigenvalue weighted by atomic mass is 19.4. The van der Waals surface area contributed by atoms with Gasteiger partial charge < -0.3 is 21.4 Å². The summed E-state index contributed by atoms with van der Waals surface area (Å²) >= 11 is 0. The number of aromatic nitrogens is 2. The summed E-state index contributed by atoms with van der Waals surface area (Å²) in [5.41, 5.74) is 5.20. The van der Waals surface area contributed by atoms with Gasteiger partial charge in [0.2, 0.25) is 11.8 Å². The summed E-state index contributed by atoms with van der Waals surface area (Å²) in [7, 11) is 0. The van der Waals surface area contributed by atoms with Crippen molar-refractivity contribution in [3.05, 3.63) is 18.2 Å². The van der Waals surface area contributed by atoms with Crippen LogP contribution in [0.4, 0.5) is 74.6 Å². The minimum atomic E-state index is -8.72. The number of imidazole rings is 1. The maximum absolute atomic E-state index is 14.0. The van der Waals surface area contributed by atoms with Crippen molar-refractivity contribution in [2.24, 2.45) is 5.73 Å². The molecule has 1 unspecified atom stereocenters. The molecule has 0 saturated heterocycles. The number of hydrogen-bond donors (Lipinski definition) is 4. The number of H-pyrrole nitrogens is 1. The second kappa shape index (κ2) is 12.1. The van der Waals surface area contributed by atoms with Crippen molar-refractivity contribution in [2.75, 3.05) is 13.1 Å². The molecule has 7 nitrogen and oxygen atoms in total. The van der Waals surface area contributed by atoms with Gasteiger partial charge in [-0.2, -0.15) is 74.6 Å². The highest BCUT2D eigenvalue weighted by Crippen LogP contribution is 2.64. The van der Waals surface area contributed by atoms with E-state index in [1.54, 1.807) is 0 Å². The first kappa shape index (κ1) is 37.9. The summed E-state index contributed by atoms with van der Waals surface area (Å²) in [5.74, 6) is -59.6. The van der Waals surface area contributed by atoms with Gasteiger partial charge in [-0.05, 0) is 0 Å². The van der Waals surface area contributed by atoms with Crippen LogP contribution >= 0.6 is 0 Å². The third-order valence-corrected chi connectivity index (χ3v) is 5.53. The average Bonchev–Trinajstić information content (AvgIpc) is 3.35. The van der Waals surface area contributed by atoms with Crippen LogP contribution in [0, 0.1) is 0 Å². The van der Waals surface area contributed by atoms with E-state index >= 15 is 0 Å². The van der Waals surface area contributed by atoms with Crippen molar-refractivity contribution in [2.45, 2.75) is 72.9 Å². The van der Waals surface area contributed by atoms with Crippen molar-refractivity contribution in [1.82, 2.24) is 20.6 Å². The fraction of sp³-hybridized carbons (Fsp3) is 0.737. The molecule has 0 bridgehead atoms. The maximum atomic E-state index is 14.0. The number of carbonyl (C=O) groups excluding carboxylic acids is 2. The molecule has 1 rings (SSSR count). The summed E-state index contributed by atoms with van der Waals surface area (Å²) in [4.78, 5) is 30.0. The van der Waals surface area contributed by atoms with Crippen LogP contribution in [0.3, 0.4) is 0 Å². The summed E-state index contributed by atoms with van der Waals surface area (Å²) < 4.78 is 227. The fourth-order valence-corrected chi connectivity index (χ4v) is 3.04. The lowest BCUT2D eigenvalue weighted by Crippen LogP contribution is -2.74. The molecular weight excluding hydrogens is 653 g/mol. The van der Waals surface area contributed by atoms with E-state index in [1.807, 2.05) is 5.32 Å². The number of nitrogens with two attached hydrogens (primary N) is 1. The zero-order valence-electron chi connectivity index (χ0n) is 20.5. The molecule has 0 aromatic carbocycles. The fourth-order valence-electron chi connectivity index (χ4n) is 3.04. The van der Waals surface area contributed by atoms with Crippen LogP contribution in [0.5, 0.6) is 0 Å². The Morgan fingerprint density at radius 3 is 1.65 bits per heavy atom. The Morgan fingerprint density at radius 2 is 1.23 bits per heavy atom. The van der Waals surface area contributed by atoms with E-state index < -0.39 is 91.3 Å². The van der Waals surface area contributed by atoms with E-state index in [4.69, 9.17) is 5.73 Å². The van der Waals surface area contributed by atoms with Gasteiger partial charge in [0.25, 0.3) is 0 Å². The second-order valence-electron chi connectivity index (χ2n) is 8.63. The van der Waals surface area contributed by atoms with Gasteiger partial charge in [0.05, 0.1) is 6.33 Å². The Kier molecular flexibility index (Phi) is 10.7. The molecule has 1 heterocycles. The maximum Gasteiger partial charge on any atom is 0.460 e. The van der Waals surface area contributed by atoms with Crippen molar-refractivity contribution < 1.29 is 84.2 Å². The van der Waals surface area contributed by atoms with Gasteiger partial charge in [-0.25, -0.2) is 4.98 Å². The van der Waals surface area contributed by atoms with Crippen molar-refractivity contribution in [3.8, 4) is 0 Å². The first-order valence-corrected chi connectivity index (χ1v) is 11.0. The molecule has 0 radical (unpaired) electrons.